The highest BCUT2D eigenvalue weighted by Gasteiger charge is 2.28. The Bertz CT molecular complexity index is 2520. The minimum absolute atomic E-state index is 0.0587. The number of carbonyl (C=O) groups excluding carboxylic acids is 2. The van der Waals surface area contributed by atoms with Gasteiger partial charge in [0, 0.05) is 23.2 Å². The first-order valence-corrected chi connectivity index (χ1v) is 19.1. The molecule has 8 nitrogen and oxygen atoms in total. The number of carbonyl (C=O) groups is 2. The lowest BCUT2D eigenvalue weighted by molar-refractivity contribution is -0.127. The molecular weight excluding hydrogens is 695 g/mol. The van der Waals surface area contributed by atoms with Gasteiger partial charge in [-0.05, 0) is 82.8 Å². The number of benzene rings is 6. The summed E-state index contributed by atoms with van der Waals surface area (Å²) in [5.41, 5.74) is 8.18. The van der Waals surface area contributed by atoms with Gasteiger partial charge in [0.25, 0.3) is 15.9 Å². The maximum Gasteiger partial charge on any atom is 0.264 e. The maximum atomic E-state index is 13.9. The molecule has 2 amide bonds. The normalized spacial score (nSPS) is 11.9. The number of ether oxygens (including phenoxy) is 1. The van der Waals surface area contributed by atoms with Crippen LogP contribution in [0.1, 0.15) is 16.8 Å². The van der Waals surface area contributed by atoms with Crippen LogP contribution in [0, 0.1) is 6.92 Å². The molecule has 0 fully saturated rings. The van der Waals surface area contributed by atoms with E-state index in [0.717, 1.165) is 55.7 Å². The quantitative estimate of drug-likeness (QED) is 0.132. The molecule has 1 atom stereocenters. The molecular formula is C45H39N3O5S. The van der Waals surface area contributed by atoms with Gasteiger partial charge in [0.05, 0.1) is 23.9 Å². The number of rotatable bonds is 12. The molecule has 7 aromatic rings. The van der Waals surface area contributed by atoms with Gasteiger partial charge in [-0.1, -0.05) is 115 Å². The average molecular weight is 734 g/mol. The molecule has 0 aliphatic heterocycles. The fraction of sp³-hybridized carbons (Fsp3) is 0.111. The molecule has 1 aromatic heterocycles. The summed E-state index contributed by atoms with van der Waals surface area (Å²) in [7, 11) is -2.65. The van der Waals surface area contributed by atoms with Gasteiger partial charge in [-0.25, -0.2) is 13.1 Å². The Hall–Kier alpha value is -6.45. The van der Waals surface area contributed by atoms with Gasteiger partial charge in [-0.2, -0.15) is 0 Å². The second kappa shape index (κ2) is 15.7. The molecule has 0 aliphatic rings. The lowest BCUT2D eigenvalue weighted by atomic mass is 10.0. The molecule has 9 heteroatoms. The number of nitrogens with one attached hydrogen (secondary N) is 2. The van der Waals surface area contributed by atoms with E-state index >= 15 is 0 Å². The Labute approximate surface area is 315 Å². The zero-order valence-corrected chi connectivity index (χ0v) is 30.7. The van der Waals surface area contributed by atoms with Gasteiger partial charge in [-0.15, -0.1) is 0 Å². The van der Waals surface area contributed by atoms with Gasteiger partial charge in [0.2, 0.25) is 5.91 Å². The minimum atomic E-state index is -4.25. The van der Waals surface area contributed by atoms with Crippen LogP contribution in [0.5, 0.6) is 5.75 Å². The van der Waals surface area contributed by atoms with Crippen molar-refractivity contribution in [3.63, 3.8) is 0 Å². The molecule has 0 unspecified atom stereocenters. The Kier molecular flexibility index (Phi) is 10.4. The topological polar surface area (TPSA) is 106 Å². The van der Waals surface area contributed by atoms with E-state index in [1.165, 1.54) is 12.1 Å². The summed E-state index contributed by atoms with van der Waals surface area (Å²) in [4.78, 5) is 27.7. The fourth-order valence-electron chi connectivity index (χ4n) is 6.76. The fourth-order valence-corrected chi connectivity index (χ4v) is 7.78. The van der Waals surface area contributed by atoms with Crippen LogP contribution in [-0.4, -0.2) is 38.0 Å². The van der Waals surface area contributed by atoms with Gasteiger partial charge in [0.15, 0.2) is 0 Å². The number of hydrogen-bond acceptors (Lipinski definition) is 5. The summed E-state index contributed by atoms with van der Waals surface area (Å²) in [6, 6.07) is 48.1. The number of fused-ring (bicyclic) bond motifs is 1. The van der Waals surface area contributed by atoms with Gasteiger partial charge >= 0.3 is 0 Å². The smallest absolute Gasteiger partial charge is 0.264 e. The molecule has 270 valence electrons. The molecule has 0 saturated carbocycles. The van der Waals surface area contributed by atoms with Gasteiger partial charge in [0.1, 0.15) is 11.8 Å². The molecule has 0 aliphatic carbocycles. The standard InChI is InChI=1S/C45H39N3O5S/c1-31-40(41-29-38(53-2)24-27-43(41)48(31)37-22-18-35(19-23-37)33-14-8-4-9-15-33)30-44(49)46-42(28-32-12-6-3-7-13-32)45(50)47-54(51,52)39-25-20-36(21-26-39)34-16-10-5-11-17-34/h3-27,29,42H,28,30H2,1-2H3,(H,46,49)(H,47,50)/t42-/m0/s1. The van der Waals surface area contributed by atoms with Crippen LogP contribution in [0.2, 0.25) is 0 Å². The summed E-state index contributed by atoms with van der Waals surface area (Å²) in [5, 5.41) is 3.69. The molecule has 7 rings (SSSR count). The predicted molar refractivity (Wildman–Crippen MR) is 213 cm³/mol. The van der Waals surface area contributed by atoms with Crippen molar-refractivity contribution in [2.24, 2.45) is 0 Å². The van der Waals surface area contributed by atoms with E-state index in [1.807, 2.05) is 104 Å². The molecule has 2 N–H and O–H groups in total. The minimum Gasteiger partial charge on any atom is -0.497 e. The third-order valence-corrected chi connectivity index (χ3v) is 10.9. The van der Waals surface area contributed by atoms with Gasteiger partial charge in [-0.3, -0.25) is 9.59 Å². The third-order valence-electron chi connectivity index (χ3n) is 9.55. The highest BCUT2D eigenvalue weighted by atomic mass is 32.2. The van der Waals surface area contributed by atoms with Crippen molar-refractivity contribution in [3.05, 3.63) is 175 Å². The number of methoxy groups -OCH3 is 1. The number of sulfonamides is 1. The van der Waals surface area contributed by atoms with Crippen LogP contribution in [0.15, 0.2) is 163 Å². The third kappa shape index (κ3) is 7.82. The second-order valence-electron chi connectivity index (χ2n) is 13.0. The Morgan fingerprint density at radius 1 is 0.685 bits per heavy atom. The number of amides is 2. The van der Waals surface area contributed by atoms with Crippen LogP contribution in [0.3, 0.4) is 0 Å². The highest BCUT2D eigenvalue weighted by molar-refractivity contribution is 7.90. The highest BCUT2D eigenvalue weighted by Crippen LogP contribution is 2.33. The van der Waals surface area contributed by atoms with E-state index in [0.29, 0.717) is 5.75 Å². The van der Waals surface area contributed by atoms with Crippen molar-refractivity contribution < 1.29 is 22.7 Å². The molecule has 0 spiro atoms. The predicted octanol–water partition coefficient (Wildman–Crippen LogP) is 8.06. The van der Waals surface area contributed by atoms with E-state index in [-0.39, 0.29) is 17.7 Å². The zero-order chi connectivity index (χ0) is 37.7. The lowest BCUT2D eigenvalue weighted by Crippen LogP contribution is -2.49. The van der Waals surface area contributed by atoms with E-state index in [1.54, 1.807) is 19.2 Å². The van der Waals surface area contributed by atoms with Crippen molar-refractivity contribution in [1.29, 1.82) is 0 Å². The van der Waals surface area contributed by atoms with Crippen molar-refractivity contribution >= 4 is 32.7 Å². The first kappa shape index (κ1) is 35.9. The summed E-state index contributed by atoms with van der Waals surface area (Å²) in [5.74, 6) is -0.622. The first-order chi connectivity index (χ1) is 26.2. The summed E-state index contributed by atoms with van der Waals surface area (Å²) < 4.78 is 36.8. The Morgan fingerprint density at radius 2 is 1.22 bits per heavy atom. The molecule has 0 saturated heterocycles. The molecule has 0 radical (unpaired) electrons. The molecule has 0 bridgehead atoms. The number of nitrogens with zero attached hydrogens (tertiary/aromatic N) is 1. The van der Waals surface area contributed by atoms with Crippen LogP contribution >= 0.6 is 0 Å². The molecule has 1 heterocycles. The Balaban J connectivity index is 1.15. The van der Waals surface area contributed by atoms with Gasteiger partial charge < -0.3 is 14.6 Å². The van der Waals surface area contributed by atoms with Crippen LogP contribution < -0.4 is 14.8 Å². The number of aromatic nitrogens is 1. The van der Waals surface area contributed by atoms with Crippen LogP contribution in [0.25, 0.3) is 38.8 Å². The van der Waals surface area contributed by atoms with Crippen molar-refractivity contribution in [2.45, 2.75) is 30.7 Å². The maximum absolute atomic E-state index is 13.9. The first-order valence-electron chi connectivity index (χ1n) is 17.6. The van der Waals surface area contributed by atoms with Crippen molar-refractivity contribution in [2.75, 3.05) is 7.11 Å². The Morgan fingerprint density at radius 3 is 1.80 bits per heavy atom. The van der Waals surface area contributed by atoms with E-state index in [9.17, 15) is 18.0 Å². The zero-order valence-electron chi connectivity index (χ0n) is 29.9. The summed E-state index contributed by atoms with van der Waals surface area (Å²) in [6.07, 6.45) is 0.0279. The average Bonchev–Trinajstić information content (AvgIpc) is 3.47. The van der Waals surface area contributed by atoms with E-state index < -0.39 is 27.9 Å². The van der Waals surface area contributed by atoms with E-state index in [2.05, 4.69) is 51.0 Å². The van der Waals surface area contributed by atoms with Crippen LogP contribution in [0.4, 0.5) is 0 Å². The summed E-state index contributed by atoms with van der Waals surface area (Å²) in [6.45, 7) is 1.96. The monoisotopic (exact) mass is 733 g/mol. The summed E-state index contributed by atoms with van der Waals surface area (Å²) >= 11 is 0. The second-order valence-corrected chi connectivity index (χ2v) is 14.7. The van der Waals surface area contributed by atoms with Crippen molar-refractivity contribution in [3.8, 4) is 33.7 Å². The van der Waals surface area contributed by atoms with Crippen molar-refractivity contribution in [1.82, 2.24) is 14.6 Å². The lowest BCUT2D eigenvalue weighted by Gasteiger charge is -2.19. The van der Waals surface area contributed by atoms with E-state index in [4.69, 9.17) is 4.74 Å². The number of hydrogen-bond donors (Lipinski definition) is 2. The SMILES string of the molecule is COc1ccc2c(c1)c(CC(=O)N[C@@H](Cc1ccccc1)C(=O)NS(=O)(=O)c1ccc(-c3ccccc3)cc1)c(C)n2-c1ccc(-c2ccccc2)cc1. The largest absolute Gasteiger partial charge is 0.497 e. The molecule has 6 aromatic carbocycles. The van der Waals surface area contributed by atoms with Crippen LogP contribution in [-0.2, 0) is 32.5 Å². The molecule has 54 heavy (non-hydrogen) atoms.